The molecule has 0 rings (SSSR count). The predicted molar refractivity (Wildman–Crippen MR) is 47.6 cm³/mol. The van der Waals surface area contributed by atoms with E-state index in [1.54, 1.807) is 0 Å². The zero-order chi connectivity index (χ0) is 11.9. The van der Waals surface area contributed by atoms with Crippen molar-refractivity contribution in [3.63, 3.8) is 0 Å². The Hall–Kier alpha value is -0.150. The fraction of sp³-hybridized carbons (Fsp3) is 0.500. The number of guanidine groups is 1. The molecule has 0 atom stereocenters. The number of rotatable bonds is 2. The van der Waals surface area contributed by atoms with Crippen molar-refractivity contribution in [2.24, 2.45) is 5.73 Å². The minimum absolute atomic E-state index is 0. The van der Waals surface area contributed by atoms with Gasteiger partial charge < -0.3 is 31.8 Å². The van der Waals surface area contributed by atoms with E-state index in [1.165, 1.54) is 7.05 Å². The van der Waals surface area contributed by atoms with Gasteiger partial charge in [0.2, 0.25) is 0 Å². The summed E-state index contributed by atoms with van der Waals surface area (Å²) in [7, 11) is -3.20. The standard InChI is InChI=1S/C4H9N3O2.Na.H3O4P.H/c1-7(4(5)6)2-3(8)9;;1-5(2,3)4;/h2H2,1H3,(H3,5,6)(H,8,9);;(H3,1,2,3,4);/q;+1;;-1. The average Bonchev–Trinajstić information content (AvgIpc) is 1.80. The number of carbonyl (C=O) groups is 1. The molecule has 0 heterocycles. The first-order chi connectivity index (χ1) is 6.04. The van der Waals surface area contributed by atoms with E-state index in [-0.39, 0.29) is 43.5 Å². The second kappa shape index (κ2) is 9.10. The Labute approximate surface area is 109 Å². The van der Waals surface area contributed by atoms with Gasteiger partial charge in [0.1, 0.15) is 6.54 Å². The zero-order valence-electron chi connectivity index (χ0n) is 9.28. The number of likely N-dealkylation sites (N-methyl/N-ethyl adjacent to an activating group) is 1. The van der Waals surface area contributed by atoms with Crippen LogP contribution in [0.3, 0.4) is 0 Å². The second-order valence-corrected chi connectivity index (χ2v) is 3.17. The van der Waals surface area contributed by atoms with Gasteiger partial charge in [-0.2, -0.15) is 0 Å². The first-order valence-corrected chi connectivity index (χ1v) is 4.65. The van der Waals surface area contributed by atoms with E-state index in [2.05, 4.69) is 0 Å². The fourth-order valence-electron chi connectivity index (χ4n) is 0.288. The van der Waals surface area contributed by atoms with Crippen LogP contribution < -0.4 is 35.3 Å². The molecule has 0 aliphatic rings. The molecule has 86 valence electrons. The Bertz CT molecular complexity index is 252. The average molecular weight is 253 g/mol. The SMILES string of the molecule is CN(CC(=O)O)C(=N)N.O=P(O)(O)O.[H-].[Na+]. The summed E-state index contributed by atoms with van der Waals surface area (Å²) in [6.07, 6.45) is 0. The van der Waals surface area contributed by atoms with Crippen LogP contribution in [0.5, 0.6) is 0 Å². The number of nitrogens with zero attached hydrogens (tertiary/aromatic N) is 1. The van der Waals surface area contributed by atoms with Gasteiger partial charge in [0.25, 0.3) is 0 Å². The molecule has 15 heavy (non-hydrogen) atoms. The van der Waals surface area contributed by atoms with E-state index in [0.29, 0.717) is 0 Å². The molecule has 0 fully saturated rings. The molecular weight excluding hydrogens is 240 g/mol. The van der Waals surface area contributed by atoms with Crippen molar-refractivity contribution in [1.29, 1.82) is 5.41 Å². The molecule has 0 unspecified atom stereocenters. The summed E-state index contributed by atoms with van der Waals surface area (Å²) in [6.45, 7) is -0.227. The normalized spacial score (nSPS) is 9.07. The smallest absolute Gasteiger partial charge is 1.00 e. The topological polar surface area (TPSA) is 168 Å². The number of nitrogens with two attached hydrogens (primary N) is 1. The number of carboxylic acid groups (broad SMARTS) is 1. The molecule has 9 nitrogen and oxygen atoms in total. The van der Waals surface area contributed by atoms with Crippen molar-refractivity contribution in [3.8, 4) is 0 Å². The maximum Gasteiger partial charge on any atom is 1.00 e. The molecule has 0 radical (unpaired) electrons. The molecule has 0 saturated carbocycles. The molecular formula is C4H13N3NaO6P. The molecule has 0 spiro atoms. The molecule has 0 saturated heterocycles. The number of hydrogen-bond donors (Lipinski definition) is 6. The van der Waals surface area contributed by atoms with Gasteiger partial charge in [-0.15, -0.1) is 0 Å². The molecule has 0 aliphatic heterocycles. The molecule has 0 bridgehead atoms. The molecule has 0 aromatic rings. The Kier molecular flexibility index (Phi) is 12.3. The number of aliphatic carboxylic acids is 1. The second-order valence-electron chi connectivity index (χ2n) is 2.15. The van der Waals surface area contributed by atoms with Crippen LogP contribution >= 0.6 is 7.82 Å². The van der Waals surface area contributed by atoms with Crippen LogP contribution in [0, 0.1) is 5.41 Å². The largest absolute Gasteiger partial charge is 1.00 e. The molecule has 0 amide bonds. The van der Waals surface area contributed by atoms with Crippen LogP contribution in [0.15, 0.2) is 0 Å². The fourth-order valence-corrected chi connectivity index (χ4v) is 0.288. The first kappa shape index (κ1) is 20.3. The van der Waals surface area contributed by atoms with Crippen molar-refractivity contribution in [1.82, 2.24) is 4.90 Å². The van der Waals surface area contributed by atoms with Crippen LogP contribution in [0.2, 0.25) is 0 Å². The number of nitrogens with one attached hydrogen (secondary N) is 1. The summed E-state index contributed by atoms with van der Waals surface area (Å²) < 4.78 is 8.88. The summed E-state index contributed by atoms with van der Waals surface area (Å²) in [5.74, 6) is -1.23. The van der Waals surface area contributed by atoms with Crippen LogP contribution in [0.1, 0.15) is 1.43 Å². The van der Waals surface area contributed by atoms with E-state index in [4.69, 9.17) is 35.5 Å². The first-order valence-electron chi connectivity index (χ1n) is 3.09. The Morgan fingerprint density at radius 1 is 1.53 bits per heavy atom. The molecule has 0 aromatic carbocycles. The van der Waals surface area contributed by atoms with Gasteiger partial charge in [-0.05, 0) is 0 Å². The third kappa shape index (κ3) is 31.6. The van der Waals surface area contributed by atoms with Gasteiger partial charge in [0, 0.05) is 7.05 Å². The zero-order valence-corrected chi connectivity index (χ0v) is 11.2. The van der Waals surface area contributed by atoms with Crippen LogP contribution in [0.4, 0.5) is 0 Å². The van der Waals surface area contributed by atoms with Gasteiger partial charge >= 0.3 is 43.3 Å². The van der Waals surface area contributed by atoms with E-state index in [0.717, 1.165) is 4.90 Å². The summed E-state index contributed by atoms with van der Waals surface area (Å²) in [4.78, 5) is 32.6. The Morgan fingerprint density at radius 3 is 1.87 bits per heavy atom. The molecule has 7 N–H and O–H groups in total. The Morgan fingerprint density at radius 2 is 1.80 bits per heavy atom. The molecule has 0 aromatic heterocycles. The molecule has 0 aliphatic carbocycles. The van der Waals surface area contributed by atoms with E-state index in [9.17, 15) is 4.79 Å². The number of carboxylic acids is 1. The number of hydrogen-bond acceptors (Lipinski definition) is 3. The quantitative estimate of drug-likeness (QED) is 0.123. The minimum Gasteiger partial charge on any atom is -1.00 e. The summed E-state index contributed by atoms with van der Waals surface area (Å²) in [5.41, 5.74) is 4.93. The van der Waals surface area contributed by atoms with E-state index >= 15 is 0 Å². The van der Waals surface area contributed by atoms with Gasteiger partial charge in [0.05, 0.1) is 0 Å². The summed E-state index contributed by atoms with van der Waals surface area (Å²) in [6, 6.07) is 0. The third-order valence-electron chi connectivity index (χ3n) is 0.784. The predicted octanol–water partition coefficient (Wildman–Crippen LogP) is -4.92. The maximum atomic E-state index is 9.92. The Balaban J connectivity index is -0.0000000904. The van der Waals surface area contributed by atoms with E-state index < -0.39 is 13.8 Å². The van der Waals surface area contributed by atoms with Crippen LogP contribution in [0.25, 0.3) is 0 Å². The van der Waals surface area contributed by atoms with Crippen molar-refractivity contribution in [2.45, 2.75) is 0 Å². The monoisotopic (exact) mass is 253 g/mol. The van der Waals surface area contributed by atoms with Crippen LogP contribution in [-0.2, 0) is 9.36 Å². The summed E-state index contributed by atoms with van der Waals surface area (Å²) in [5, 5.41) is 14.9. The van der Waals surface area contributed by atoms with Gasteiger partial charge in [-0.1, -0.05) is 0 Å². The van der Waals surface area contributed by atoms with Crippen molar-refractivity contribution in [3.05, 3.63) is 0 Å². The maximum absolute atomic E-state index is 9.92. The van der Waals surface area contributed by atoms with Crippen molar-refractivity contribution < 1.29 is 60.1 Å². The summed E-state index contributed by atoms with van der Waals surface area (Å²) >= 11 is 0. The van der Waals surface area contributed by atoms with Crippen molar-refractivity contribution in [2.75, 3.05) is 13.6 Å². The van der Waals surface area contributed by atoms with Gasteiger partial charge in [-0.25, -0.2) is 4.57 Å². The van der Waals surface area contributed by atoms with Gasteiger partial charge in [-0.3, -0.25) is 10.2 Å². The van der Waals surface area contributed by atoms with Crippen molar-refractivity contribution >= 4 is 19.8 Å². The van der Waals surface area contributed by atoms with E-state index in [1.807, 2.05) is 0 Å². The van der Waals surface area contributed by atoms with Gasteiger partial charge in [0.15, 0.2) is 5.96 Å². The third-order valence-corrected chi connectivity index (χ3v) is 0.784. The molecule has 11 heteroatoms. The number of phosphoric acid groups is 1. The minimum atomic E-state index is -4.64. The van der Waals surface area contributed by atoms with Crippen LogP contribution in [-0.4, -0.2) is 50.2 Å².